The van der Waals surface area contributed by atoms with Crippen molar-refractivity contribution in [3.8, 4) is 0 Å². The zero-order valence-corrected chi connectivity index (χ0v) is 14.8. The number of benzene rings is 1. The van der Waals surface area contributed by atoms with Crippen LogP contribution in [0.4, 0.5) is 0 Å². The van der Waals surface area contributed by atoms with Gasteiger partial charge in [-0.15, -0.1) is 23.7 Å². The van der Waals surface area contributed by atoms with Gasteiger partial charge in [-0.1, -0.05) is 34.8 Å². The Kier molecular flexibility index (Phi) is 7.54. The van der Waals surface area contributed by atoms with Crippen LogP contribution < -0.4 is 11.1 Å². The summed E-state index contributed by atoms with van der Waals surface area (Å²) in [6.45, 7) is 1.20. The maximum atomic E-state index is 12.1. The first-order valence-electron chi connectivity index (χ1n) is 6.10. The summed E-state index contributed by atoms with van der Waals surface area (Å²) >= 11 is 19.6. The van der Waals surface area contributed by atoms with Crippen LogP contribution in [0.3, 0.4) is 0 Å². The van der Waals surface area contributed by atoms with Gasteiger partial charge in [0.2, 0.25) is 0 Å². The summed E-state index contributed by atoms with van der Waals surface area (Å²) in [5, 5.41) is 4.86. The predicted octanol–water partition coefficient (Wildman–Crippen LogP) is 4.75. The van der Waals surface area contributed by atoms with E-state index in [1.807, 2.05) is 0 Å². The Hall–Kier alpha value is -0.230. The molecular weight excluding hydrogens is 374 g/mol. The lowest BCUT2D eigenvalue weighted by atomic mass is 10.2. The SMILES string of the molecule is Cl.NCCCCNC(=O)c1sc2cc(Cl)cc(Cl)c2c1Cl. The van der Waals surface area contributed by atoms with Crippen molar-refractivity contribution in [2.24, 2.45) is 5.73 Å². The number of hydrogen-bond acceptors (Lipinski definition) is 3. The van der Waals surface area contributed by atoms with Gasteiger partial charge in [-0.2, -0.15) is 0 Å². The lowest BCUT2D eigenvalue weighted by molar-refractivity contribution is 0.0957. The van der Waals surface area contributed by atoms with Gasteiger partial charge in [-0.05, 0) is 31.5 Å². The topological polar surface area (TPSA) is 55.1 Å². The molecule has 0 bridgehead atoms. The lowest BCUT2D eigenvalue weighted by Gasteiger charge is -2.03. The summed E-state index contributed by atoms with van der Waals surface area (Å²) in [5.74, 6) is -0.194. The fraction of sp³-hybridized carbons (Fsp3) is 0.308. The van der Waals surface area contributed by atoms with Crippen LogP contribution in [0.5, 0.6) is 0 Å². The number of carbonyl (C=O) groups excluding carboxylic acids is 1. The second kappa shape index (κ2) is 8.42. The van der Waals surface area contributed by atoms with Crippen molar-refractivity contribution in [3.63, 3.8) is 0 Å². The molecule has 1 aromatic heterocycles. The summed E-state index contributed by atoms with van der Waals surface area (Å²) in [4.78, 5) is 12.6. The average molecular weight is 388 g/mol. The number of nitrogens with two attached hydrogens (primary N) is 1. The highest BCUT2D eigenvalue weighted by atomic mass is 35.5. The van der Waals surface area contributed by atoms with E-state index in [9.17, 15) is 4.79 Å². The van der Waals surface area contributed by atoms with Gasteiger partial charge in [0.25, 0.3) is 5.91 Å². The molecule has 0 saturated carbocycles. The van der Waals surface area contributed by atoms with Gasteiger partial charge >= 0.3 is 0 Å². The number of thiophene rings is 1. The summed E-state index contributed by atoms with van der Waals surface area (Å²) in [7, 11) is 0. The number of nitrogens with one attached hydrogen (secondary N) is 1. The minimum atomic E-state index is -0.194. The quantitative estimate of drug-likeness (QED) is 0.727. The Morgan fingerprint density at radius 3 is 2.62 bits per heavy atom. The van der Waals surface area contributed by atoms with Crippen molar-refractivity contribution in [2.75, 3.05) is 13.1 Å². The van der Waals surface area contributed by atoms with E-state index in [-0.39, 0.29) is 18.3 Å². The monoisotopic (exact) mass is 386 g/mol. The predicted molar refractivity (Wildman–Crippen MR) is 94.7 cm³/mol. The average Bonchev–Trinajstić information content (AvgIpc) is 2.71. The Morgan fingerprint density at radius 2 is 1.95 bits per heavy atom. The van der Waals surface area contributed by atoms with E-state index in [0.717, 1.165) is 17.5 Å². The van der Waals surface area contributed by atoms with Crippen molar-refractivity contribution in [1.82, 2.24) is 5.32 Å². The van der Waals surface area contributed by atoms with E-state index in [4.69, 9.17) is 40.5 Å². The third-order valence-corrected chi connectivity index (χ3v) is 4.91. The number of halogens is 4. The molecule has 0 aliphatic rings. The maximum absolute atomic E-state index is 12.1. The fourth-order valence-electron chi connectivity index (χ4n) is 1.81. The molecule has 0 radical (unpaired) electrons. The molecule has 1 aromatic carbocycles. The van der Waals surface area contributed by atoms with Gasteiger partial charge in [0.15, 0.2) is 0 Å². The van der Waals surface area contributed by atoms with Gasteiger partial charge in [0, 0.05) is 21.7 Å². The molecule has 0 atom stereocenters. The molecular formula is C13H14Cl4N2OS. The van der Waals surface area contributed by atoms with Crippen LogP contribution in [-0.2, 0) is 0 Å². The highest BCUT2D eigenvalue weighted by Gasteiger charge is 2.19. The van der Waals surface area contributed by atoms with Gasteiger partial charge in [-0.25, -0.2) is 0 Å². The summed E-state index contributed by atoms with van der Waals surface area (Å²) in [6, 6.07) is 3.37. The zero-order chi connectivity index (χ0) is 14.7. The van der Waals surface area contributed by atoms with Crippen molar-refractivity contribution in [3.05, 3.63) is 32.1 Å². The molecule has 3 nitrogen and oxygen atoms in total. The molecule has 0 unspecified atom stereocenters. The Labute approximate surface area is 148 Å². The van der Waals surface area contributed by atoms with Crippen LogP contribution in [0.15, 0.2) is 12.1 Å². The molecule has 1 amide bonds. The molecule has 1 heterocycles. The summed E-state index contributed by atoms with van der Waals surface area (Å²) in [6.07, 6.45) is 1.72. The molecule has 0 aliphatic carbocycles. The third-order valence-electron chi connectivity index (χ3n) is 2.77. The van der Waals surface area contributed by atoms with E-state index in [0.29, 0.717) is 38.4 Å². The molecule has 0 fully saturated rings. The van der Waals surface area contributed by atoms with E-state index >= 15 is 0 Å². The molecule has 8 heteroatoms. The van der Waals surface area contributed by atoms with Gasteiger partial charge in [0.05, 0.1) is 10.0 Å². The minimum Gasteiger partial charge on any atom is -0.351 e. The van der Waals surface area contributed by atoms with Gasteiger partial charge in [-0.3, -0.25) is 4.79 Å². The summed E-state index contributed by atoms with van der Waals surface area (Å²) < 4.78 is 0.805. The van der Waals surface area contributed by atoms with Crippen molar-refractivity contribution >= 4 is 74.5 Å². The number of rotatable bonds is 5. The molecule has 0 aliphatic heterocycles. The number of fused-ring (bicyclic) bond motifs is 1. The third kappa shape index (κ3) is 4.38. The highest BCUT2D eigenvalue weighted by molar-refractivity contribution is 7.21. The fourth-order valence-corrected chi connectivity index (χ4v) is 4.10. The number of carbonyl (C=O) groups is 1. The standard InChI is InChI=1S/C13H13Cl3N2OS.ClH/c14-7-5-8(15)10-9(6-7)20-12(11(10)16)13(19)18-4-2-1-3-17;/h5-6H,1-4,17H2,(H,18,19);1H. The van der Waals surface area contributed by atoms with Crippen LogP contribution in [0.2, 0.25) is 15.1 Å². The minimum absolute atomic E-state index is 0. The maximum Gasteiger partial charge on any atom is 0.262 e. The van der Waals surface area contributed by atoms with Crippen molar-refractivity contribution < 1.29 is 4.79 Å². The second-order valence-corrected chi connectivity index (χ2v) is 6.53. The number of amides is 1. The van der Waals surface area contributed by atoms with E-state index < -0.39 is 0 Å². The van der Waals surface area contributed by atoms with E-state index in [1.54, 1.807) is 12.1 Å². The molecule has 2 aromatic rings. The number of hydrogen-bond donors (Lipinski definition) is 2. The van der Waals surface area contributed by atoms with E-state index in [2.05, 4.69) is 5.32 Å². The van der Waals surface area contributed by atoms with Crippen LogP contribution in [0, 0.1) is 0 Å². The van der Waals surface area contributed by atoms with Crippen LogP contribution in [0.25, 0.3) is 10.1 Å². The Bertz CT molecular complexity index is 645. The van der Waals surface area contributed by atoms with Gasteiger partial charge < -0.3 is 11.1 Å². The first-order chi connectivity index (χ1) is 9.54. The molecule has 3 N–H and O–H groups in total. The largest absolute Gasteiger partial charge is 0.351 e. The molecule has 2 rings (SSSR count). The van der Waals surface area contributed by atoms with Crippen molar-refractivity contribution in [1.29, 1.82) is 0 Å². The first kappa shape index (κ1) is 18.8. The smallest absolute Gasteiger partial charge is 0.262 e. The zero-order valence-electron chi connectivity index (χ0n) is 10.9. The van der Waals surface area contributed by atoms with Crippen LogP contribution in [0.1, 0.15) is 22.5 Å². The first-order valence-corrected chi connectivity index (χ1v) is 8.05. The summed E-state index contributed by atoms with van der Waals surface area (Å²) in [5.41, 5.74) is 5.40. The normalized spacial score (nSPS) is 10.5. The molecule has 0 spiro atoms. The van der Waals surface area contributed by atoms with Crippen molar-refractivity contribution in [2.45, 2.75) is 12.8 Å². The Morgan fingerprint density at radius 1 is 1.24 bits per heavy atom. The molecule has 21 heavy (non-hydrogen) atoms. The van der Waals surface area contributed by atoms with E-state index in [1.165, 1.54) is 11.3 Å². The number of unbranched alkanes of at least 4 members (excludes halogenated alkanes) is 1. The highest BCUT2D eigenvalue weighted by Crippen LogP contribution is 2.41. The van der Waals surface area contributed by atoms with Crippen LogP contribution in [-0.4, -0.2) is 19.0 Å². The van der Waals surface area contributed by atoms with Crippen LogP contribution >= 0.6 is 58.5 Å². The Balaban J connectivity index is 0.00000220. The second-order valence-electron chi connectivity index (χ2n) is 4.26. The molecule has 0 saturated heterocycles. The molecule has 116 valence electrons. The lowest BCUT2D eigenvalue weighted by Crippen LogP contribution is -2.24. The van der Waals surface area contributed by atoms with Gasteiger partial charge in [0.1, 0.15) is 4.88 Å².